The molecule has 0 saturated heterocycles. The Morgan fingerprint density at radius 2 is 1.88 bits per heavy atom. The molecule has 0 atom stereocenters. The van der Waals surface area contributed by atoms with Crippen LogP contribution in [0.15, 0.2) is 47.6 Å². The predicted molar refractivity (Wildman–Crippen MR) is 90.0 cm³/mol. The van der Waals surface area contributed by atoms with E-state index in [0.29, 0.717) is 21.9 Å². The number of benzene rings is 2. The molecule has 25 heavy (non-hydrogen) atoms. The first-order valence-corrected chi connectivity index (χ1v) is 7.39. The number of carbonyl (C=O) groups excluding carboxylic acids is 1. The van der Waals surface area contributed by atoms with Crippen LogP contribution in [-0.4, -0.2) is 25.4 Å². The second kappa shape index (κ2) is 7.38. The van der Waals surface area contributed by atoms with E-state index in [1.807, 2.05) is 6.92 Å². The molecule has 0 aliphatic heterocycles. The Hall–Kier alpha value is -2.83. The van der Waals surface area contributed by atoms with Crippen molar-refractivity contribution in [3.8, 4) is 5.75 Å². The lowest BCUT2D eigenvalue weighted by molar-refractivity contribution is -0.170. The first kappa shape index (κ1) is 18.5. The van der Waals surface area contributed by atoms with Gasteiger partial charge in [0.15, 0.2) is 0 Å². The van der Waals surface area contributed by atoms with Gasteiger partial charge in [0.05, 0.1) is 19.0 Å². The zero-order chi connectivity index (χ0) is 18.6. The van der Waals surface area contributed by atoms with Crippen LogP contribution in [0.2, 0.25) is 0 Å². The first-order chi connectivity index (χ1) is 11.7. The highest BCUT2D eigenvalue weighted by molar-refractivity contribution is 5.99. The molecule has 0 heterocycles. The second-order valence-electron chi connectivity index (χ2n) is 5.43. The van der Waals surface area contributed by atoms with Gasteiger partial charge in [0.1, 0.15) is 5.75 Å². The molecular formula is C18H17F3N2O2. The summed E-state index contributed by atoms with van der Waals surface area (Å²) < 4.78 is 43.9. The fourth-order valence-electron chi connectivity index (χ4n) is 2.23. The number of hydrogen-bond acceptors (Lipinski definition) is 3. The Morgan fingerprint density at radius 1 is 1.16 bits per heavy atom. The van der Waals surface area contributed by atoms with Crippen molar-refractivity contribution in [3.05, 3.63) is 59.2 Å². The van der Waals surface area contributed by atoms with Gasteiger partial charge in [-0.05, 0) is 43.2 Å². The molecule has 0 unspecified atom stereocenters. The van der Waals surface area contributed by atoms with Gasteiger partial charge in [-0.15, -0.1) is 0 Å². The van der Waals surface area contributed by atoms with Gasteiger partial charge in [0.2, 0.25) is 0 Å². The minimum Gasteiger partial charge on any atom is -0.497 e. The van der Waals surface area contributed by atoms with Gasteiger partial charge < -0.3 is 4.74 Å². The van der Waals surface area contributed by atoms with Crippen molar-refractivity contribution in [2.24, 2.45) is 5.10 Å². The highest BCUT2D eigenvalue weighted by Gasteiger charge is 2.43. The zero-order valence-corrected chi connectivity index (χ0v) is 14.0. The maximum atomic E-state index is 13.0. The lowest BCUT2D eigenvalue weighted by Crippen LogP contribution is -2.38. The number of nitrogens with zero attached hydrogens (tertiary/aromatic N) is 2. The number of rotatable bonds is 4. The summed E-state index contributed by atoms with van der Waals surface area (Å²) in [7, 11) is 1.48. The minimum atomic E-state index is -5.04. The standard InChI is InChI=1S/C18H17F3N2O2/c1-12-7-8-16(13(2)9-12)23(17(24)18(19,20)21)22-11-14-5-4-6-15(10-14)25-3/h4-11H,1-3H3/b22-11-. The lowest BCUT2D eigenvalue weighted by atomic mass is 10.1. The summed E-state index contributed by atoms with van der Waals surface area (Å²) in [4.78, 5) is 11.8. The lowest BCUT2D eigenvalue weighted by Gasteiger charge is -2.20. The zero-order valence-electron chi connectivity index (χ0n) is 14.0. The van der Waals surface area contributed by atoms with Crippen molar-refractivity contribution in [1.82, 2.24) is 0 Å². The van der Waals surface area contributed by atoms with Gasteiger partial charge in [0.25, 0.3) is 0 Å². The van der Waals surface area contributed by atoms with E-state index in [4.69, 9.17) is 4.74 Å². The number of methoxy groups -OCH3 is 1. The molecule has 2 aromatic rings. The van der Waals surface area contributed by atoms with Gasteiger partial charge in [0, 0.05) is 0 Å². The third-order valence-corrected chi connectivity index (χ3v) is 3.43. The highest BCUT2D eigenvalue weighted by Crippen LogP contribution is 2.27. The Morgan fingerprint density at radius 3 is 2.48 bits per heavy atom. The smallest absolute Gasteiger partial charge is 0.473 e. The summed E-state index contributed by atoms with van der Waals surface area (Å²) >= 11 is 0. The Labute approximate surface area is 143 Å². The predicted octanol–water partition coefficient (Wildman–Crippen LogP) is 4.24. The van der Waals surface area contributed by atoms with E-state index in [9.17, 15) is 18.0 Å². The van der Waals surface area contributed by atoms with E-state index in [0.717, 1.165) is 5.56 Å². The van der Waals surface area contributed by atoms with Crippen molar-refractivity contribution in [2.75, 3.05) is 12.1 Å². The normalized spacial score (nSPS) is 11.6. The number of ether oxygens (including phenoxy) is 1. The molecule has 4 nitrogen and oxygen atoms in total. The molecule has 0 aromatic heterocycles. The molecule has 7 heteroatoms. The number of hydrazone groups is 1. The minimum absolute atomic E-state index is 0.0760. The number of alkyl halides is 3. The molecular weight excluding hydrogens is 333 g/mol. The van der Waals surface area contributed by atoms with Crippen molar-refractivity contribution in [2.45, 2.75) is 20.0 Å². The van der Waals surface area contributed by atoms with Crippen LogP contribution in [0.3, 0.4) is 0 Å². The number of aryl methyl sites for hydroxylation is 2. The van der Waals surface area contributed by atoms with Gasteiger partial charge in [-0.3, -0.25) is 4.79 Å². The highest BCUT2D eigenvalue weighted by atomic mass is 19.4. The Kier molecular flexibility index (Phi) is 5.46. The van der Waals surface area contributed by atoms with Crippen molar-refractivity contribution >= 4 is 17.8 Å². The molecule has 0 radical (unpaired) electrons. The maximum absolute atomic E-state index is 13.0. The van der Waals surface area contributed by atoms with E-state index in [1.165, 1.54) is 19.4 Å². The third kappa shape index (κ3) is 4.59. The summed E-state index contributed by atoms with van der Waals surface area (Å²) in [6.07, 6.45) is -3.85. The molecule has 132 valence electrons. The van der Waals surface area contributed by atoms with E-state index < -0.39 is 12.1 Å². The molecule has 0 saturated carbocycles. The summed E-state index contributed by atoms with van der Waals surface area (Å²) in [6, 6.07) is 11.4. The SMILES string of the molecule is COc1cccc(/C=N\N(C(=O)C(F)(F)F)c2ccc(C)cc2C)c1. The average molecular weight is 350 g/mol. The van der Waals surface area contributed by atoms with Crippen LogP contribution in [-0.2, 0) is 4.79 Å². The summed E-state index contributed by atoms with van der Waals surface area (Å²) in [5.74, 6) is -1.53. The molecule has 0 aliphatic rings. The summed E-state index contributed by atoms with van der Waals surface area (Å²) in [5.41, 5.74) is 1.97. The van der Waals surface area contributed by atoms with E-state index in [2.05, 4.69) is 5.10 Å². The second-order valence-corrected chi connectivity index (χ2v) is 5.43. The average Bonchev–Trinajstić information content (AvgIpc) is 2.55. The molecule has 0 N–H and O–H groups in total. The van der Waals surface area contributed by atoms with Crippen LogP contribution >= 0.6 is 0 Å². The fourth-order valence-corrected chi connectivity index (χ4v) is 2.23. The number of hydrogen-bond donors (Lipinski definition) is 0. The van der Waals surface area contributed by atoms with Crippen LogP contribution in [0.1, 0.15) is 16.7 Å². The fraction of sp³-hybridized carbons (Fsp3) is 0.222. The third-order valence-electron chi connectivity index (χ3n) is 3.43. The van der Waals surface area contributed by atoms with Crippen LogP contribution < -0.4 is 9.75 Å². The van der Waals surface area contributed by atoms with Gasteiger partial charge in [-0.25, -0.2) is 0 Å². The monoisotopic (exact) mass is 350 g/mol. The molecule has 2 rings (SSSR count). The van der Waals surface area contributed by atoms with Crippen LogP contribution in [0.25, 0.3) is 0 Å². The topological polar surface area (TPSA) is 41.9 Å². The van der Waals surface area contributed by atoms with E-state index in [-0.39, 0.29) is 5.69 Å². The summed E-state index contributed by atoms with van der Waals surface area (Å²) in [6.45, 7) is 3.44. The molecule has 0 spiro atoms. The first-order valence-electron chi connectivity index (χ1n) is 7.39. The molecule has 0 bridgehead atoms. The Bertz CT molecular complexity index is 801. The quantitative estimate of drug-likeness (QED) is 0.611. The van der Waals surface area contributed by atoms with Gasteiger partial charge >= 0.3 is 12.1 Å². The van der Waals surface area contributed by atoms with E-state index >= 15 is 0 Å². The van der Waals surface area contributed by atoms with E-state index in [1.54, 1.807) is 43.3 Å². The molecule has 1 amide bonds. The summed E-state index contributed by atoms with van der Waals surface area (Å²) in [5, 5.41) is 4.15. The van der Waals surface area contributed by atoms with Gasteiger partial charge in [-0.2, -0.15) is 23.3 Å². The number of carbonyl (C=O) groups is 1. The number of halogens is 3. The molecule has 0 aliphatic carbocycles. The largest absolute Gasteiger partial charge is 0.497 e. The van der Waals surface area contributed by atoms with Crippen molar-refractivity contribution in [1.29, 1.82) is 0 Å². The van der Waals surface area contributed by atoms with Gasteiger partial charge in [-0.1, -0.05) is 29.8 Å². The van der Waals surface area contributed by atoms with Crippen LogP contribution in [0.4, 0.5) is 18.9 Å². The maximum Gasteiger partial charge on any atom is 0.473 e. The molecule has 2 aromatic carbocycles. The van der Waals surface area contributed by atoms with Crippen molar-refractivity contribution in [3.63, 3.8) is 0 Å². The molecule has 0 fully saturated rings. The number of amides is 1. The Balaban J connectivity index is 2.44. The van der Waals surface area contributed by atoms with Crippen LogP contribution in [0.5, 0.6) is 5.75 Å². The van der Waals surface area contributed by atoms with Crippen molar-refractivity contribution < 1.29 is 22.7 Å². The number of anilines is 1. The van der Waals surface area contributed by atoms with Crippen LogP contribution in [0, 0.1) is 13.8 Å².